The molecule has 1 N–H and O–H groups in total. The zero-order valence-corrected chi connectivity index (χ0v) is 18.8. The van der Waals surface area contributed by atoms with E-state index in [2.05, 4.69) is 15.5 Å². The van der Waals surface area contributed by atoms with Crippen molar-refractivity contribution in [2.24, 2.45) is 7.05 Å². The largest absolute Gasteiger partial charge is 0.497 e. The molecule has 9 heteroatoms. The molecular formula is C21H23ClN4O3S. The fourth-order valence-electron chi connectivity index (χ4n) is 2.80. The van der Waals surface area contributed by atoms with Crippen LogP contribution in [-0.2, 0) is 11.8 Å². The summed E-state index contributed by atoms with van der Waals surface area (Å²) in [5.41, 5.74) is 1.65. The third-order valence-electron chi connectivity index (χ3n) is 4.40. The van der Waals surface area contributed by atoms with E-state index in [-0.39, 0.29) is 17.8 Å². The Hall–Kier alpha value is -2.71. The Kier molecular flexibility index (Phi) is 7.23. The molecule has 158 valence electrons. The van der Waals surface area contributed by atoms with Gasteiger partial charge in [-0.1, -0.05) is 23.4 Å². The Labute approximate surface area is 184 Å². The molecule has 0 bridgehead atoms. The smallest absolute Gasteiger partial charge is 0.234 e. The van der Waals surface area contributed by atoms with E-state index in [0.717, 1.165) is 17.0 Å². The average Bonchev–Trinajstić information content (AvgIpc) is 3.09. The maximum atomic E-state index is 12.3. The van der Waals surface area contributed by atoms with Gasteiger partial charge in [-0.2, -0.15) is 0 Å². The first-order chi connectivity index (χ1) is 14.4. The second kappa shape index (κ2) is 9.86. The molecule has 30 heavy (non-hydrogen) atoms. The minimum absolute atomic E-state index is 0.127. The number of rotatable bonds is 8. The fraction of sp³-hybridized carbons (Fsp3) is 0.286. The molecule has 1 atom stereocenters. The van der Waals surface area contributed by atoms with Gasteiger partial charge in [0.05, 0.1) is 12.9 Å². The molecule has 0 aliphatic rings. The van der Waals surface area contributed by atoms with Gasteiger partial charge in [-0.3, -0.25) is 4.79 Å². The Morgan fingerprint density at radius 3 is 2.57 bits per heavy atom. The van der Waals surface area contributed by atoms with Crippen molar-refractivity contribution in [3.05, 3.63) is 58.9 Å². The topological polar surface area (TPSA) is 78.3 Å². The summed E-state index contributed by atoms with van der Waals surface area (Å²) in [6, 6.07) is 12.7. The molecule has 2 aromatic carbocycles. The molecule has 0 spiro atoms. The molecular weight excluding hydrogens is 424 g/mol. The third kappa shape index (κ3) is 5.46. The standard InChI is InChI=1S/C21H23ClN4O3S/c1-13-11-15(22)5-10-18(13)23-19(27)12-30-21-25-24-20(26(21)3)14(2)29-17-8-6-16(28-4)7-9-17/h5-11,14H,12H2,1-4H3,(H,23,27). The van der Waals surface area contributed by atoms with Crippen molar-refractivity contribution in [3.8, 4) is 11.5 Å². The van der Waals surface area contributed by atoms with Crippen molar-refractivity contribution < 1.29 is 14.3 Å². The summed E-state index contributed by atoms with van der Waals surface area (Å²) in [4.78, 5) is 12.3. The number of nitrogens with zero attached hydrogens (tertiary/aromatic N) is 3. The van der Waals surface area contributed by atoms with Gasteiger partial charge in [0.15, 0.2) is 17.1 Å². The predicted molar refractivity (Wildman–Crippen MR) is 119 cm³/mol. The summed E-state index contributed by atoms with van der Waals surface area (Å²) >= 11 is 7.27. The number of thioether (sulfide) groups is 1. The van der Waals surface area contributed by atoms with Crippen molar-refractivity contribution in [2.75, 3.05) is 18.2 Å². The third-order valence-corrected chi connectivity index (χ3v) is 5.65. The Balaban J connectivity index is 1.58. The van der Waals surface area contributed by atoms with E-state index in [0.29, 0.717) is 21.8 Å². The van der Waals surface area contributed by atoms with Crippen molar-refractivity contribution in [1.29, 1.82) is 0 Å². The van der Waals surface area contributed by atoms with Crippen LogP contribution in [0.5, 0.6) is 11.5 Å². The molecule has 0 aliphatic carbocycles. The van der Waals surface area contributed by atoms with E-state index in [9.17, 15) is 4.79 Å². The lowest BCUT2D eigenvalue weighted by Crippen LogP contribution is -2.15. The van der Waals surface area contributed by atoms with E-state index in [1.54, 1.807) is 19.2 Å². The molecule has 1 aromatic heterocycles. The Morgan fingerprint density at radius 2 is 1.90 bits per heavy atom. The zero-order chi connectivity index (χ0) is 21.7. The van der Waals surface area contributed by atoms with Crippen LogP contribution in [0.25, 0.3) is 0 Å². The number of aryl methyl sites for hydroxylation is 1. The van der Waals surface area contributed by atoms with Gasteiger partial charge in [0.1, 0.15) is 11.5 Å². The number of halogens is 1. The van der Waals surface area contributed by atoms with Crippen LogP contribution in [-0.4, -0.2) is 33.5 Å². The molecule has 3 aromatic rings. The van der Waals surface area contributed by atoms with Crippen LogP contribution in [0.2, 0.25) is 5.02 Å². The van der Waals surface area contributed by atoms with Gasteiger partial charge in [0.25, 0.3) is 0 Å². The van der Waals surface area contributed by atoms with Crippen molar-refractivity contribution >= 4 is 35.0 Å². The van der Waals surface area contributed by atoms with Crippen LogP contribution in [0.15, 0.2) is 47.6 Å². The molecule has 0 saturated heterocycles. The van der Waals surface area contributed by atoms with Crippen LogP contribution in [0.3, 0.4) is 0 Å². The van der Waals surface area contributed by atoms with E-state index < -0.39 is 0 Å². The van der Waals surface area contributed by atoms with Crippen molar-refractivity contribution in [2.45, 2.75) is 25.1 Å². The van der Waals surface area contributed by atoms with E-state index in [1.165, 1.54) is 11.8 Å². The lowest BCUT2D eigenvalue weighted by Gasteiger charge is -2.14. The first kappa shape index (κ1) is 22.0. The molecule has 3 rings (SSSR count). The number of methoxy groups -OCH3 is 1. The molecule has 0 saturated carbocycles. The monoisotopic (exact) mass is 446 g/mol. The fourth-order valence-corrected chi connectivity index (χ4v) is 3.75. The minimum Gasteiger partial charge on any atom is -0.497 e. The number of amides is 1. The summed E-state index contributed by atoms with van der Waals surface area (Å²) in [6.45, 7) is 3.80. The quantitative estimate of drug-likeness (QED) is 0.507. The molecule has 7 nitrogen and oxygen atoms in total. The molecule has 1 unspecified atom stereocenters. The van der Waals surface area contributed by atoms with Gasteiger partial charge < -0.3 is 19.4 Å². The highest BCUT2D eigenvalue weighted by Gasteiger charge is 2.18. The minimum atomic E-state index is -0.309. The summed E-state index contributed by atoms with van der Waals surface area (Å²) in [6.07, 6.45) is -0.309. The van der Waals surface area contributed by atoms with Crippen LogP contribution in [0.1, 0.15) is 24.4 Å². The summed E-state index contributed by atoms with van der Waals surface area (Å²) in [5, 5.41) is 12.6. The molecule has 0 aliphatic heterocycles. The maximum absolute atomic E-state index is 12.3. The van der Waals surface area contributed by atoms with Crippen LogP contribution in [0.4, 0.5) is 5.69 Å². The van der Waals surface area contributed by atoms with E-state index in [4.69, 9.17) is 21.1 Å². The highest BCUT2D eigenvalue weighted by atomic mass is 35.5. The highest BCUT2D eigenvalue weighted by Crippen LogP contribution is 2.25. The predicted octanol–water partition coefficient (Wildman–Crippen LogP) is 4.66. The van der Waals surface area contributed by atoms with Gasteiger partial charge >= 0.3 is 0 Å². The Morgan fingerprint density at radius 1 is 1.20 bits per heavy atom. The first-order valence-electron chi connectivity index (χ1n) is 9.26. The molecule has 1 heterocycles. The molecule has 0 fully saturated rings. The summed E-state index contributed by atoms with van der Waals surface area (Å²) < 4.78 is 12.9. The lowest BCUT2D eigenvalue weighted by atomic mass is 10.2. The summed E-state index contributed by atoms with van der Waals surface area (Å²) in [5.74, 6) is 2.22. The van der Waals surface area contributed by atoms with Crippen LogP contribution >= 0.6 is 23.4 Å². The number of aromatic nitrogens is 3. The maximum Gasteiger partial charge on any atom is 0.234 e. The second-order valence-electron chi connectivity index (χ2n) is 6.63. The van der Waals surface area contributed by atoms with Crippen molar-refractivity contribution in [1.82, 2.24) is 14.8 Å². The molecule has 0 radical (unpaired) electrons. The average molecular weight is 447 g/mol. The lowest BCUT2D eigenvalue weighted by molar-refractivity contribution is -0.113. The molecule has 1 amide bonds. The number of benzene rings is 2. The number of carbonyl (C=O) groups is 1. The SMILES string of the molecule is COc1ccc(OC(C)c2nnc(SCC(=O)Nc3ccc(Cl)cc3C)n2C)cc1. The second-order valence-corrected chi connectivity index (χ2v) is 8.01. The van der Waals surface area contributed by atoms with Gasteiger partial charge in [0.2, 0.25) is 5.91 Å². The number of carbonyl (C=O) groups excluding carboxylic acids is 1. The van der Waals surface area contributed by atoms with Gasteiger partial charge in [-0.15, -0.1) is 10.2 Å². The van der Waals surface area contributed by atoms with Gasteiger partial charge in [-0.25, -0.2) is 0 Å². The number of hydrogen-bond acceptors (Lipinski definition) is 6. The van der Waals surface area contributed by atoms with Gasteiger partial charge in [0, 0.05) is 17.8 Å². The summed E-state index contributed by atoms with van der Waals surface area (Å²) in [7, 11) is 3.47. The van der Waals surface area contributed by atoms with Crippen LogP contribution in [0, 0.1) is 6.92 Å². The number of hydrogen-bond donors (Lipinski definition) is 1. The Bertz CT molecular complexity index is 1020. The first-order valence-corrected chi connectivity index (χ1v) is 10.6. The number of anilines is 1. The van der Waals surface area contributed by atoms with E-state index >= 15 is 0 Å². The van der Waals surface area contributed by atoms with Crippen molar-refractivity contribution in [3.63, 3.8) is 0 Å². The van der Waals surface area contributed by atoms with Crippen LogP contribution < -0.4 is 14.8 Å². The van der Waals surface area contributed by atoms with E-state index in [1.807, 2.05) is 55.8 Å². The number of nitrogens with one attached hydrogen (secondary N) is 1. The normalized spacial score (nSPS) is 11.8. The highest BCUT2D eigenvalue weighted by molar-refractivity contribution is 7.99. The van der Waals surface area contributed by atoms with Gasteiger partial charge in [-0.05, 0) is 61.9 Å². The zero-order valence-electron chi connectivity index (χ0n) is 17.2. The number of ether oxygens (including phenoxy) is 2.